The molecule has 1 aromatic carbocycles. The van der Waals surface area contributed by atoms with Crippen LogP contribution in [0.4, 0.5) is 4.79 Å². The zero-order chi connectivity index (χ0) is 23.9. The van der Waals surface area contributed by atoms with Crippen LogP contribution in [0.3, 0.4) is 0 Å². The lowest BCUT2D eigenvalue weighted by Crippen LogP contribution is -2.41. The van der Waals surface area contributed by atoms with Gasteiger partial charge < -0.3 is 25.6 Å². The van der Waals surface area contributed by atoms with Crippen LogP contribution in [0.1, 0.15) is 82.6 Å². The van der Waals surface area contributed by atoms with Gasteiger partial charge in [-0.05, 0) is 37.7 Å². The Bertz CT molecular complexity index is 699. The van der Waals surface area contributed by atoms with Gasteiger partial charge in [0.25, 0.3) is 0 Å². The standard InChI is InChI=1S/C13H15NO6.C12H23N/c15-11(16)7-6-10(12(17)18)14-13(19)20-8-9-4-2-1-3-5-9;1-3-7-11(8-4-1)13-12-9-5-2-6-10-12/h1-5,10H,6-8H2,(H,14,19)(H,15,16)(H,17,18);11-13H,1-10H2/t10-;/m0./s1. The van der Waals surface area contributed by atoms with E-state index in [0.717, 1.165) is 17.6 Å². The van der Waals surface area contributed by atoms with E-state index < -0.39 is 24.1 Å². The fourth-order valence-corrected chi connectivity index (χ4v) is 4.30. The van der Waals surface area contributed by atoms with Crippen LogP contribution in [-0.4, -0.2) is 46.4 Å². The molecule has 4 N–H and O–H groups in total. The van der Waals surface area contributed by atoms with Crippen molar-refractivity contribution >= 4 is 18.0 Å². The maximum absolute atomic E-state index is 11.4. The Morgan fingerprint density at radius 1 is 0.879 bits per heavy atom. The van der Waals surface area contributed by atoms with Crippen molar-refractivity contribution in [1.82, 2.24) is 10.6 Å². The lowest BCUT2D eigenvalue weighted by atomic mass is 9.91. The smallest absolute Gasteiger partial charge is 0.408 e. The SMILES string of the molecule is C1CCC(NC2CCCCC2)CC1.O=C(O)CC[C@H](NC(=O)OCc1ccccc1)C(=O)O. The van der Waals surface area contributed by atoms with Crippen LogP contribution in [-0.2, 0) is 20.9 Å². The molecule has 33 heavy (non-hydrogen) atoms. The molecule has 184 valence electrons. The summed E-state index contributed by atoms with van der Waals surface area (Å²) < 4.78 is 4.85. The third-order valence-corrected chi connectivity index (χ3v) is 6.13. The van der Waals surface area contributed by atoms with Gasteiger partial charge in [-0.2, -0.15) is 0 Å². The van der Waals surface area contributed by atoms with E-state index in [0.29, 0.717) is 0 Å². The third kappa shape index (κ3) is 11.7. The Hall–Kier alpha value is -2.61. The van der Waals surface area contributed by atoms with Gasteiger partial charge in [-0.1, -0.05) is 68.9 Å². The fraction of sp³-hybridized carbons (Fsp3) is 0.640. The molecule has 2 fully saturated rings. The van der Waals surface area contributed by atoms with E-state index in [4.69, 9.17) is 14.9 Å². The second kappa shape index (κ2) is 15.3. The molecule has 2 saturated carbocycles. The quantitative estimate of drug-likeness (QED) is 0.427. The number of amides is 1. The molecule has 0 aliphatic heterocycles. The van der Waals surface area contributed by atoms with Gasteiger partial charge in [0.15, 0.2) is 0 Å². The highest BCUT2D eigenvalue weighted by Gasteiger charge is 2.21. The Labute approximate surface area is 196 Å². The first-order valence-electron chi connectivity index (χ1n) is 12.1. The number of carbonyl (C=O) groups excluding carboxylic acids is 1. The van der Waals surface area contributed by atoms with Gasteiger partial charge in [-0.15, -0.1) is 0 Å². The summed E-state index contributed by atoms with van der Waals surface area (Å²) in [5.74, 6) is -2.43. The van der Waals surface area contributed by atoms with Crippen LogP contribution >= 0.6 is 0 Å². The van der Waals surface area contributed by atoms with Gasteiger partial charge in [0, 0.05) is 18.5 Å². The lowest BCUT2D eigenvalue weighted by Gasteiger charge is -2.30. The Balaban J connectivity index is 0.000000254. The zero-order valence-electron chi connectivity index (χ0n) is 19.3. The second-order valence-electron chi connectivity index (χ2n) is 8.87. The molecule has 8 heteroatoms. The minimum absolute atomic E-state index is 0.0118. The fourth-order valence-electron chi connectivity index (χ4n) is 4.30. The monoisotopic (exact) mass is 462 g/mol. The van der Waals surface area contributed by atoms with Crippen molar-refractivity contribution in [2.45, 2.75) is 102 Å². The summed E-state index contributed by atoms with van der Waals surface area (Å²) in [7, 11) is 0. The molecule has 2 aliphatic rings. The summed E-state index contributed by atoms with van der Waals surface area (Å²) in [4.78, 5) is 32.7. The average Bonchev–Trinajstić information content (AvgIpc) is 2.82. The molecule has 0 aromatic heterocycles. The van der Waals surface area contributed by atoms with Crippen molar-refractivity contribution in [2.24, 2.45) is 0 Å². The number of hydrogen-bond donors (Lipinski definition) is 4. The third-order valence-electron chi connectivity index (χ3n) is 6.13. The number of benzene rings is 1. The molecule has 0 saturated heterocycles. The van der Waals surface area contributed by atoms with Crippen LogP contribution < -0.4 is 10.6 Å². The van der Waals surface area contributed by atoms with Crippen LogP contribution in [0.25, 0.3) is 0 Å². The number of nitrogens with one attached hydrogen (secondary N) is 2. The summed E-state index contributed by atoms with van der Waals surface area (Å²) in [5.41, 5.74) is 0.764. The molecule has 0 radical (unpaired) electrons. The van der Waals surface area contributed by atoms with Gasteiger partial charge in [-0.25, -0.2) is 9.59 Å². The van der Waals surface area contributed by atoms with Gasteiger partial charge in [0.05, 0.1) is 0 Å². The Morgan fingerprint density at radius 2 is 1.42 bits per heavy atom. The van der Waals surface area contributed by atoms with E-state index in [9.17, 15) is 14.4 Å². The first-order chi connectivity index (χ1) is 15.9. The average molecular weight is 463 g/mol. The Morgan fingerprint density at radius 3 is 1.91 bits per heavy atom. The van der Waals surface area contributed by atoms with E-state index >= 15 is 0 Å². The lowest BCUT2D eigenvalue weighted by molar-refractivity contribution is -0.140. The van der Waals surface area contributed by atoms with Crippen LogP contribution in [0, 0.1) is 0 Å². The van der Waals surface area contributed by atoms with Crippen LogP contribution in [0.2, 0.25) is 0 Å². The molecular formula is C25H38N2O6. The molecule has 0 bridgehead atoms. The van der Waals surface area contributed by atoms with Crippen LogP contribution in [0.5, 0.6) is 0 Å². The van der Waals surface area contributed by atoms with E-state index in [2.05, 4.69) is 10.6 Å². The van der Waals surface area contributed by atoms with Crippen molar-refractivity contribution in [3.63, 3.8) is 0 Å². The highest BCUT2D eigenvalue weighted by atomic mass is 16.5. The normalized spacial score (nSPS) is 17.8. The maximum Gasteiger partial charge on any atom is 0.408 e. The largest absolute Gasteiger partial charge is 0.481 e. The molecule has 0 spiro atoms. The number of aliphatic carboxylic acids is 2. The molecule has 3 rings (SSSR count). The molecule has 1 atom stereocenters. The van der Waals surface area contributed by atoms with Crippen LogP contribution in [0.15, 0.2) is 30.3 Å². The minimum Gasteiger partial charge on any atom is -0.481 e. The molecular weight excluding hydrogens is 424 g/mol. The van der Waals surface area contributed by atoms with Gasteiger partial charge in [-0.3, -0.25) is 4.79 Å². The topological polar surface area (TPSA) is 125 Å². The van der Waals surface area contributed by atoms with Crippen molar-refractivity contribution in [2.75, 3.05) is 0 Å². The number of carboxylic acids is 2. The highest BCUT2D eigenvalue weighted by molar-refractivity contribution is 5.80. The van der Waals surface area contributed by atoms with E-state index in [1.54, 1.807) is 24.3 Å². The molecule has 1 aromatic rings. The number of alkyl carbamates (subject to hydrolysis) is 1. The molecule has 1 amide bonds. The predicted octanol–water partition coefficient (Wildman–Crippen LogP) is 4.47. The van der Waals surface area contributed by atoms with Gasteiger partial charge in [0.2, 0.25) is 0 Å². The summed E-state index contributed by atoms with van der Waals surface area (Å²) in [6.07, 6.45) is 13.1. The molecule has 2 aliphatic carbocycles. The molecule has 0 unspecified atom stereocenters. The zero-order valence-corrected chi connectivity index (χ0v) is 19.3. The summed E-state index contributed by atoms with van der Waals surface area (Å²) >= 11 is 0. The van der Waals surface area contributed by atoms with Crippen molar-refractivity contribution in [3.05, 3.63) is 35.9 Å². The molecule has 8 nitrogen and oxygen atoms in total. The van der Waals surface area contributed by atoms with Gasteiger partial charge in [0.1, 0.15) is 12.6 Å². The minimum atomic E-state index is -1.30. The predicted molar refractivity (Wildman–Crippen MR) is 125 cm³/mol. The summed E-state index contributed by atoms with van der Waals surface area (Å²) in [6.45, 7) is 0.0118. The van der Waals surface area contributed by atoms with Crippen molar-refractivity contribution in [1.29, 1.82) is 0 Å². The number of carbonyl (C=O) groups is 3. The number of rotatable bonds is 9. The van der Waals surface area contributed by atoms with E-state index in [1.165, 1.54) is 64.2 Å². The van der Waals surface area contributed by atoms with Gasteiger partial charge >= 0.3 is 18.0 Å². The Kier molecular flexibility index (Phi) is 12.3. The number of ether oxygens (including phenoxy) is 1. The molecule has 0 heterocycles. The van der Waals surface area contributed by atoms with E-state index in [1.807, 2.05) is 6.07 Å². The maximum atomic E-state index is 11.4. The summed E-state index contributed by atoms with van der Waals surface area (Å²) in [5, 5.41) is 23.3. The first-order valence-corrected chi connectivity index (χ1v) is 12.1. The number of carboxylic acid groups (broad SMARTS) is 2. The van der Waals surface area contributed by atoms with Crippen molar-refractivity contribution < 1.29 is 29.3 Å². The summed E-state index contributed by atoms with van der Waals surface area (Å²) in [6, 6.07) is 9.35. The van der Waals surface area contributed by atoms with E-state index in [-0.39, 0.29) is 19.4 Å². The highest BCUT2D eigenvalue weighted by Crippen LogP contribution is 2.22. The number of hydrogen-bond acceptors (Lipinski definition) is 5. The second-order valence-corrected chi connectivity index (χ2v) is 8.87. The van der Waals surface area contributed by atoms with Crippen molar-refractivity contribution in [3.8, 4) is 0 Å². The first kappa shape index (κ1) is 26.6.